The lowest BCUT2D eigenvalue weighted by Gasteiger charge is -2.21. The number of aliphatic hydroxyl groups excluding tert-OH is 1. The molecule has 5 nitrogen and oxygen atoms in total. The van der Waals surface area contributed by atoms with Crippen molar-refractivity contribution in [1.29, 1.82) is 0 Å². The van der Waals surface area contributed by atoms with Gasteiger partial charge in [-0.25, -0.2) is 4.79 Å². The molecule has 1 atom stereocenters. The zero-order chi connectivity index (χ0) is 12.2. The van der Waals surface area contributed by atoms with Gasteiger partial charge in [0.15, 0.2) is 0 Å². The van der Waals surface area contributed by atoms with Gasteiger partial charge in [0, 0.05) is 12.2 Å². The largest absolute Gasteiger partial charge is 0.478 e. The number of rotatable bonds is 5. The standard InChI is InChI=1S/C11H15NO4/c1-11(16,7-13)6-12-9-4-2-8(3-5-9)10(14)15/h2-5,12-13,16H,6-7H2,1H3,(H,14,15). The van der Waals surface area contributed by atoms with Gasteiger partial charge in [0.2, 0.25) is 0 Å². The van der Waals surface area contributed by atoms with E-state index in [0.717, 1.165) is 0 Å². The normalized spacial score (nSPS) is 14.2. The Balaban J connectivity index is 2.59. The molecule has 0 amide bonds. The van der Waals surface area contributed by atoms with E-state index in [9.17, 15) is 9.90 Å². The van der Waals surface area contributed by atoms with Crippen LogP contribution in [0.15, 0.2) is 24.3 Å². The van der Waals surface area contributed by atoms with Crippen molar-refractivity contribution in [2.45, 2.75) is 12.5 Å². The Kier molecular flexibility index (Phi) is 3.87. The Bertz CT molecular complexity index is 359. The van der Waals surface area contributed by atoms with E-state index in [1.165, 1.54) is 19.1 Å². The number of benzene rings is 1. The molecule has 1 unspecified atom stereocenters. The number of aromatic carboxylic acids is 1. The molecule has 0 radical (unpaired) electrons. The molecule has 0 aliphatic rings. The van der Waals surface area contributed by atoms with Crippen LogP contribution in [0.4, 0.5) is 5.69 Å². The minimum atomic E-state index is -1.19. The van der Waals surface area contributed by atoms with Gasteiger partial charge in [-0.3, -0.25) is 0 Å². The first-order valence-electron chi connectivity index (χ1n) is 4.85. The quantitative estimate of drug-likeness (QED) is 0.587. The summed E-state index contributed by atoms with van der Waals surface area (Å²) in [5.74, 6) is -0.978. The van der Waals surface area contributed by atoms with E-state index in [-0.39, 0.29) is 18.7 Å². The minimum Gasteiger partial charge on any atom is -0.478 e. The topological polar surface area (TPSA) is 89.8 Å². The molecule has 0 aromatic heterocycles. The first kappa shape index (κ1) is 12.5. The Morgan fingerprint density at radius 3 is 2.38 bits per heavy atom. The van der Waals surface area contributed by atoms with E-state index in [4.69, 9.17) is 10.2 Å². The molecule has 0 saturated heterocycles. The van der Waals surface area contributed by atoms with Crippen LogP contribution in [0.25, 0.3) is 0 Å². The predicted octanol–water partition coefficient (Wildman–Crippen LogP) is 0.540. The lowest BCUT2D eigenvalue weighted by atomic mass is 10.1. The summed E-state index contributed by atoms with van der Waals surface area (Å²) in [5.41, 5.74) is -0.288. The Labute approximate surface area is 93.4 Å². The minimum absolute atomic E-state index is 0.190. The van der Waals surface area contributed by atoms with Crippen LogP contribution in [0.5, 0.6) is 0 Å². The molecule has 0 spiro atoms. The van der Waals surface area contributed by atoms with Gasteiger partial charge in [0.1, 0.15) is 5.60 Å². The van der Waals surface area contributed by atoms with Gasteiger partial charge in [0.05, 0.1) is 12.2 Å². The van der Waals surface area contributed by atoms with Gasteiger partial charge in [-0.2, -0.15) is 0 Å². The molecule has 0 saturated carbocycles. The maximum Gasteiger partial charge on any atom is 0.335 e. The van der Waals surface area contributed by atoms with E-state index in [1.807, 2.05) is 0 Å². The highest BCUT2D eigenvalue weighted by Crippen LogP contribution is 2.11. The molecule has 1 aromatic carbocycles. The fourth-order valence-corrected chi connectivity index (χ4v) is 1.08. The smallest absolute Gasteiger partial charge is 0.335 e. The predicted molar refractivity (Wildman–Crippen MR) is 59.6 cm³/mol. The van der Waals surface area contributed by atoms with Crippen molar-refractivity contribution >= 4 is 11.7 Å². The van der Waals surface area contributed by atoms with Gasteiger partial charge in [-0.1, -0.05) is 0 Å². The van der Waals surface area contributed by atoms with Gasteiger partial charge < -0.3 is 20.6 Å². The Morgan fingerprint density at radius 1 is 1.38 bits per heavy atom. The molecule has 0 aliphatic carbocycles. The lowest BCUT2D eigenvalue weighted by Crippen LogP contribution is -2.37. The third-order valence-corrected chi connectivity index (χ3v) is 2.15. The number of carboxylic acids is 1. The second-order valence-corrected chi connectivity index (χ2v) is 3.89. The van der Waals surface area contributed by atoms with Gasteiger partial charge in [-0.05, 0) is 31.2 Å². The highest BCUT2D eigenvalue weighted by atomic mass is 16.4. The average molecular weight is 225 g/mol. The molecule has 1 rings (SSSR count). The van der Waals surface area contributed by atoms with Gasteiger partial charge in [0.25, 0.3) is 0 Å². The van der Waals surface area contributed by atoms with E-state index in [2.05, 4.69) is 5.32 Å². The first-order chi connectivity index (χ1) is 7.44. The zero-order valence-electron chi connectivity index (χ0n) is 8.97. The third kappa shape index (κ3) is 3.52. The molecular weight excluding hydrogens is 210 g/mol. The van der Waals surface area contributed by atoms with Crippen molar-refractivity contribution in [2.75, 3.05) is 18.5 Å². The Hall–Kier alpha value is -1.59. The number of nitrogens with one attached hydrogen (secondary N) is 1. The molecule has 5 heteroatoms. The lowest BCUT2D eigenvalue weighted by molar-refractivity contribution is 0.0132. The highest BCUT2D eigenvalue weighted by molar-refractivity contribution is 5.87. The maximum atomic E-state index is 10.6. The maximum absolute atomic E-state index is 10.6. The SMILES string of the molecule is CC(O)(CO)CNc1ccc(C(=O)O)cc1. The summed E-state index contributed by atoms with van der Waals surface area (Å²) in [6.07, 6.45) is 0. The van der Waals surface area contributed by atoms with Crippen molar-refractivity contribution in [3.8, 4) is 0 Å². The molecule has 0 aliphatic heterocycles. The van der Waals surface area contributed by atoms with Crippen LogP contribution in [0.2, 0.25) is 0 Å². The summed E-state index contributed by atoms with van der Waals surface area (Å²) in [6.45, 7) is 1.36. The van der Waals surface area contributed by atoms with E-state index < -0.39 is 11.6 Å². The summed E-state index contributed by atoms with van der Waals surface area (Å²) >= 11 is 0. The second-order valence-electron chi connectivity index (χ2n) is 3.89. The summed E-state index contributed by atoms with van der Waals surface area (Å²) in [5, 5.41) is 29.9. The van der Waals surface area contributed by atoms with Crippen LogP contribution in [0, 0.1) is 0 Å². The van der Waals surface area contributed by atoms with Crippen LogP contribution in [-0.4, -0.2) is 40.0 Å². The van der Waals surface area contributed by atoms with Crippen LogP contribution in [0.1, 0.15) is 17.3 Å². The summed E-state index contributed by atoms with van der Waals surface area (Å²) < 4.78 is 0. The number of hydrogen-bond donors (Lipinski definition) is 4. The Morgan fingerprint density at radius 2 is 1.94 bits per heavy atom. The number of hydrogen-bond acceptors (Lipinski definition) is 4. The van der Waals surface area contributed by atoms with Crippen LogP contribution < -0.4 is 5.32 Å². The molecule has 1 aromatic rings. The molecule has 0 heterocycles. The van der Waals surface area contributed by atoms with Crippen molar-refractivity contribution < 1.29 is 20.1 Å². The monoisotopic (exact) mass is 225 g/mol. The molecule has 0 bridgehead atoms. The van der Waals surface area contributed by atoms with E-state index >= 15 is 0 Å². The fourth-order valence-electron chi connectivity index (χ4n) is 1.08. The van der Waals surface area contributed by atoms with Crippen molar-refractivity contribution in [1.82, 2.24) is 0 Å². The summed E-state index contributed by atoms with van der Waals surface area (Å²) in [7, 11) is 0. The molecular formula is C11H15NO4. The number of carbonyl (C=O) groups is 1. The zero-order valence-corrected chi connectivity index (χ0v) is 8.97. The molecule has 88 valence electrons. The van der Waals surface area contributed by atoms with E-state index in [1.54, 1.807) is 12.1 Å². The number of aliphatic hydroxyl groups is 2. The van der Waals surface area contributed by atoms with Gasteiger partial charge >= 0.3 is 5.97 Å². The van der Waals surface area contributed by atoms with Crippen molar-refractivity contribution in [3.63, 3.8) is 0 Å². The second kappa shape index (κ2) is 4.96. The van der Waals surface area contributed by atoms with E-state index in [0.29, 0.717) is 5.69 Å². The van der Waals surface area contributed by atoms with Crippen LogP contribution >= 0.6 is 0 Å². The summed E-state index contributed by atoms with van der Waals surface area (Å²) in [4.78, 5) is 10.6. The number of anilines is 1. The first-order valence-corrected chi connectivity index (χ1v) is 4.85. The average Bonchev–Trinajstić information content (AvgIpc) is 2.27. The molecule has 16 heavy (non-hydrogen) atoms. The highest BCUT2D eigenvalue weighted by Gasteiger charge is 2.18. The number of carboxylic acid groups (broad SMARTS) is 1. The van der Waals surface area contributed by atoms with Gasteiger partial charge in [-0.15, -0.1) is 0 Å². The summed E-state index contributed by atoms with van der Waals surface area (Å²) in [6, 6.07) is 6.16. The third-order valence-electron chi connectivity index (χ3n) is 2.15. The fraction of sp³-hybridized carbons (Fsp3) is 0.364. The van der Waals surface area contributed by atoms with Crippen molar-refractivity contribution in [3.05, 3.63) is 29.8 Å². The molecule has 0 fully saturated rings. The molecule has 4 N–H and O–H groups in total. The van der Waals surface area contributed by atoms with Crippen LogP contribution in [-0.2, 0) is 0 Å². The van der Waals surface area contributed by atoms with Crippen molar-refractivity contribution in [2.24, 2.45) is 0 Å². The van der Waals surface area contributed by atoms with Crippen LogP contribution in [0.3, 0.4) is 0 Å².